The molecule has 4 rings (SSSR count). The number of thioether (sulfide) groups is 1. The predicted octanol–water partition coefficient (Wildman–Crippen LogP) is 3.64. The fourth-order valence-electron chi connectivity index (χ4n) is 3.13. The number of nitrogens with zero attached hydrogens (tertiary/aromatic N) is 2. The van der Waals surface area contributed by atoms with Gasteiger partial charge in [0.05, 0.1) is 0 Å². The van der Waals surface area contributed by atoms with Crippen LogP contribution < -0.4 is 5.73 Å². The summed E-state index contributed by atoms with van der Waals surface area (Å²) in [5.74, 6) is -0.162. The molecular formula is C19H17N3O2S. The Morgan fingerprint density at radius 1 is 1.08 bits per heavy atom. The molecule has 1 aliphatic rings. The van der Waals surface area contributed by atoms with Crippen LogP contribution in [0.3, 0.4) is 0 Å². The van der Waals surface area contributed by atoms with Gasteiger partial charge >= 0.3 is 0 Å². The lowest BCUT2D eigenvalue weighted by Gasteiger charge is -2.06. The highest BCUT2D eigenvalue weighted by molar-refractivity contribution is 8.15. The molecule has 0 spiro atoms. The molecule has 1 aromatic heterocycles. The van der Waals surface area contributed by atoms with Crippen molar-refractivity contribution in [3.63, 3.8) is 0 Å². The van der Waals surface area contributed by atoms with Gasteiger partial charge in [-0.3, -0.25) is 14.5 Å². The summed E-state index contributed by atoms with van der Waals surface area (Å²) in [5.41, 5.74) is 9.55. The molecule has 0 aliphatic carbocycles. The fourth-order valence-corrected chi connectivity index (χ4v) is 4.15. The fraction of sp³-hybridized carbons (Fsp3) is 0.158. The highest BCUT2D eigenvalue weighted by Gasteiger charge is 2.39. The highest BCUT2D eigenvalue weighted by atomic mass is 32.2. The third-order valence-corrected chi connectivity index (χ3v) is 5.65. The molecule has 2 N–H and O–H groups in total. The lowest BCUT2D eigenvalue weighted by molar-refractivity contribution is -0.125. The van der Waals surface area contributed by atoms with Crippen molar-refractivity contribution in [1.82, 2.24) is 9.47 Å². The predicted molar refractivity (Wildman–Crippen MR) is 100 cm³/mol. The van der Waals surface area contributed by atoms with Crippen molar-refractivity contribution >= 4 is 39.5 Å². The van der Waals surface area contributed by atoms with E-state index in [0.29, 0.717) is 6.54 Å². The lowest BCUT2D eigenvalue weighted by Crippen LogP contribution is -2.24. The first kappa shape index (κ1) is 15.8. The molecule has 1 saturated heterocycles. The molecule has 25 heavy (non-hydrogen) atoms. The van der Waals surface area contributed by atoms with Gasteiger partial charge in [-0.1, -0.05) is 30.3 Å². The van der Waals surface area contributed by atoms with Crippen LogP contribution in [0, 0.1) is 0 Å². The maximum atomic E-state index is 12.4. The second kappa shape index (κ2) is 5.97. The molecule has 2 amide bonds. The third-order valence-electron chi connectivity index (χ3n) is 4.48. The van der Waals surface area contributed by atoms with Gasteiger partial charge in [-0.2, -0.15) is 0 Å². The quantitative estimate of drug-likeness (QED) is 0.732. The minimum Gasteiger partial charge on any atom is -0.399 e. The van der Waals surface area contributed by atoms with E-state index in [-0.39, 0.29) is 11.1 Å². The summed E-state index contributed by atoms with van der Waals surface area (Å²) in [5, 5.41) is 0.326. The van der Waals surface area contributed by atoms with E-state index >= 15 is 0 Å². The highest BCUT2D eigenvalue weighted by Crippen LogP contribution is 2.42. The second-order valence-corrected chi connectivity index (χ2v) is 7.19. The van der Waals surface area contributed by atoms with Crippen LogP contribution in [0.5, 0.6) is 0 Å². The smallest absolute Gasteiger partial charge is 0.289 e. The number of anilines is 1. The molecular weight excluding hydrogens is 334 g/mol. The Hall–Kier alpha value is -2.73. The summed E-state index contributed by atoms with van der Waals surface area (Å²) in [7, 11) is 1.53. The molecule has 3 aromatic rings. The van der Waals surface area contributed by atoms with Crippen molar-refractivity contribution in [2.75, 3.05) is 12.8 Å². The molecule has 1 atom stereocenters. The van der Waals surface area contributed by atoms with Crippen LogP contribution in [-0.4, -0.2) is 27.7 Å². The Balaban J connectivity index is 1.78. The van der Waals surface area contributed by atoms with Gasteiger partial charge in [-0.15, -0.1) is 0 Å². The topological polar surface area (TPSA) is 68.3 Å². The molecule has 2 aromatic carbocycles. The molecule has 126 valence electrons. The zero-order chi connectivity index (χ0) is 17.6. The maximum Gasteiger partial charge on any atom is 0.289 e. The largest absolute Gasteiger partial charge is 0.399 e. The van der Waals surface area contributed by atoms with Crippen molar-refractivity contribution in [2.24, 2.45) is 0 Å². The number of rotatable bonds is 3. The Bertz CT molecular complexity index is 978. The van der Waals surface area contributed by atoms with Crippen LogP contribution in [0.25, 0.3) is 10.9 Å². The van der Waals surface area contributed by atoms with Gasteiger partial charge in [-0.05, 0) is 35.5 Å². The monoisotopic (exact) mass is 351 g/mol. The van der Waals surface area contributed by atoms with Crippen LogP contribution in [0.15, 0.2) is 54.7 Å². The minimum absolute atomic E-state index is 0.162. The Labute approximate surface area is 149 Å². The van der Waals surface area contributed by atoms with E-state index in [2.05, 4.69) is 4.57 Å². The summed E-state index contributed by atoms with van der Waals surface area (Å²) < 4.78 is 2.12. The molecule has 5 nitrogen and oxygen atoms in total. The van der Waals surface area contributed by atoms with E-state index in [9.17, 15) is 9.59 Å². The van der Waals surface area contributed by atoms with Crippen molar-refractivity contribution < 1.29 is 9.59 Å². The normalized spacial score (nSPS) is 17.6. The molecule has 1 unspecified atom stereocenters. The second-order valence-electron chi connectivity index (χ2n) is 6.13. The first-order valence-electron chi connectivity index (χ1n) is 7.95. The number of amides is 2. The molecule has 1 aliphatic heterocycles. The number of aromatic nitrogens is 1. The van der Waals surface area contributed by atoms with Crippen molar-refractivity contribution in [3.05, 3.63) is 65.9 Å². The third kappa shape index (κ3) is 2.68. The zero-order valence-corrected chi connectivity index (χ0v) is 14.5. The van der Waals surface area contributed by atoms with E-state index < -0.39 is 5.25 Å². The number of nitrogen functional groups attached to an aromatic ring is 1. The van der Waals surface area contributed by atoms with Crippen LogP contribution in [0.4, 0.5) is 10.5 Å². The number of imide groups is 1. The van der Waals surface area contributed by atoms with E-state index in [4.69, 9.17) is 5.73 Å². The summed E-state index contributed by atoms with van der Waals surface area (Å²) in [6.07, 6.45) is 1.99. The molecule has 0 radical (unpaired) electrons. The Morgan fingerprint density at radius 2 is 1.80 bits per heavy atom. The molecule has 0 saturated carbocycles. The van der Waals surface area contributed by atoms with Crippen molar-refractivity contribution in [3.8, 4) is 0 Å². The number of likely N-dealkylation sites (N-methyl/N-ethyl adjacent to an activating group) is 1. The number of hydrogen-bond acceptors (Lipinski definition) is 4. The van der Waals surface area contributed by atoms with Gasteiger partial charge in [0.15, 0.2) is 0 Å². The number of fused-ring (bicyclic) bond motifs is 1. The average Bonchev–Trinajstić information content (AvgIpc) is 3.10. The number of nitrogens with two attached hydrogens (primary N) is 1. The molecule has 0 bridgehead atoms. The number of carbonyl (C=O) groups is 2. The number of carbonyl (C=O) groups excluding carboxylic acids is 2. The average molecular weight is 351 g/mol. The summed E-state index contributed by atoms with van der Waals surface area (Å²) >= 11 is 1.08. The Kier molecular flexibility index (Phi) is 3.77. The maximum absolute atomic E-state index is 12.4. The van der Waals surface area contributed by atoms with Gasteiger partial charge in [0.25, 0.3) is 5.24 Å². The number of para-hydroxylation sites is 1. The van der Waals surface area contributed by atoms with Gasteiger partial charge in [0.2, 0.25) is 5.91 Å². The van der Waals surface area contributed by atoms with Crippen LogP contribution in [-0.2, 0) is 11.3 Å². The van der Waals surface area contributed by atoms with Crippen molar-refractivity contribution in [2.45, 2.75) is 11.8 Å². The van der Waals surface area contributed by atoms with E-state index in [0.717, 1.165) is 39.5 Å². The van der Waals surface area contributed by atoms with Crippen LogP contribution in [0.1, 0.15) is 16.4 Å². The zero-order valence-electron chi connectivity index (χ0n) is 13.7. The molecule has 6 heteroatoms. The van der Waals surface area contributed by atoms with Crippen LogP contribution in [0.2, 0.25) is 0 Å². The molecule has 1 fully saturated rings. The number of hydrogen-bond donors (Lipinski definition) is 1. The number of benzene rings is 2. The lowest BCUT2D eigenvalue weighted by atomic mass is 10.1. The molecule has 2 heterocycles. The first-order chi connectivity index (χ1) is 12.0. The first-order valence-corrected chi connectivity index (χ1v) is 8.83. The van der Waals surface area contributed by atoms with Crippen molar-refractivity contribution in [1.29, 1.82) is 0 Å². The van der Waals surface area contributed by atoms with E-state index in [1.165, 1.54) is 11.9 Å². The van der Waals surface area contributed by atoms with Gasteiger partial charge in [0.1, 0.15) is 5.25 Å². The van der Waals surface area contributed by atoms with E-state index in [1.54, 1.807) is 0 Å². The summed E-state index contributed by atoms with van der Waals surface area (Å²) in [6.45, 7) is 0.677. The minimum atomic E-state index is -0.477. The van der Waals surface area contributed by atoms with Gasteiger partial charge < -0.3 is 10.3 Å². The summed E-state index contributed by atoms with van der Waals surface area (Å²) in [4.78, 5) is 25.5. The van der Waals surface area contributed by atoms with E-state index in [1.807, 2.05) is 54.7 Å². The summed E-state index contributed by atoms with van der Waals surface area (Å²) in [6, 6.07) is 15.7. The Morgan fingerprint density at radius 3 is 2.48 bits per heavy atom. The van der Waals surface area contributed by atoms with Gasteiger partial charge in [0, 0.05) is 41.9 Å². The standard InChI is InChI=1S/C19H17N3O2S/c1-21-18(23)17(25-19(21)24)15-11-22(16-5-3-2-4-14(15)16)10-12-6-8-13(20)9-7-12/h2-9,11,17H,10,20H2,1H3. The SMILES string of the molecule is CN1C(=O)SC(c2cn(Cc3ccc(N)cc3)c3ccccc23)C1=O. The van der Waals surface area contributed by atoms with Gasteiger partial charge in [-0.25, -0.2) is 0 Å². The van der Waals surface area contributed by atoms with Crippen LogP contribution >= 0.6 is 11.8 Å².